The zero-order valence-electron chi connectivity index (χ0n) is 12.9. The summed E-state index contributed by atoms with van der Waals surface area (Å²) in [4.78, 5) is 27.9. The van der Waals surface area contributed by atoms with Crippen molar-refractivity contribution >= 4 is 11.9 Å². The first kappa shape index (κ1) is 16.2. The fourth-order valence-corrected chi connectivity index (χ4v) is 3.69. The van der Waals surface area contributed by atoms with Gasteiger partial charge < -0.3 is 20.0 Å². The van der Waals surface area contributed by atoms with E-state index in [1.165, 1.54) is 0 Å². The first-order chi connectivity index (χ1) is 9.90. The van der Waals surface area contributed by atoms with Crippen molar-refractivity contribution in [2.24, 2.45) is 11.8 Å². The van der Waals surface area contributed by atoms with Gasteiger partial charge in [0.2, 0.25) is 5.91 Å². The SMILES string of the molecule is CN(C)CC1CC(O)CN1C(=O)[C@@H]1CCCC[C@@H]1C(=O)O. The van der Waals surface area contributed by atoms with Gasteiger partial charge in [0.15, 0.2) is 0 Å². The first-order valence-corrected chi connectivity index (χ1v) is 7.76. The molecule has 1 aliphatic carbocycles. The molecule has 0 aromatic rings. The topological polar surface area (TPSA) is 81.1 Å². The molecule has 2 unspecified atom stereocenters. The van der Waals surface area contributed by atoms with Gasteiger partial charge in [-0.2, -0.15) is 0 Å². The normalized spacial score (nSPS) is 33.4. The predicted octanol–water partition coefficient (Wildman–Crippen LogP) is 0.401. The van der Waals surface area contributed by atoms with Crippen molar-refractivity contribution < 1.29 is 19.8 Å². The van der Waals surface area contributed by atoms with Crippen LogP contribution in [0.3, 0.4) is 0 Å². The molecular formula is C15H26N2O4. The van der Waals surface area contributed by atoms with Gasteiger partial charge >= 0.3 is 5.97 Å². The van der Waals surface area contributed by atoms with E-state index in [1.54, 1.807) is 4.90 Å². The van der Waals surface area contributed by atoms with Gasteiger partial charge in [-0.1, -0.05) is 12.8 Å². The van der Waals surface area contributed by atoms with Crippen LogP contribution in [0.2, 0.25) is 0 Å². The average molecular weight is 298 g/mol. The van der Waals surface area contributed by atoms with Crippen LogP contribution in [0.5, 0.6) is 0 Å². The highest BCUT2D eigenvalue weighted by atomic mass is 16.4. The Morgan fingerprint density at radius 3 is 2.38 bits per heavy atom. The van der Waals surface area contributed by atoms with E-state index in [1.807, 2.05) is 19.0 Å². The summed E-state index contributed by atoms with van der Waals surface area (Å²) in [5.74, 6) is -1.93. The molecule has 0 aromatic carbocycles. The number of nitrogens with zero attached hydrogens (tertiary/aromatic N) is 2. The summed E-state index contributed by atoms with van der Waals surface area (Å²) in [5.41, 5.74) is 0. The number of carbonyl (C=O) groups excluding carboxylic acids is 1. The Morgan fingerprint density at radius 1 is 1.19 bits per heavy atom. The Bertz CT molecular complexity index is 399. The van der Waals surface area contributed by atoms with Gasteiger partial charge in [-0.15, -0.1) is 0 Å². The maximum atomic E-state index is 12.8. The van der Waals surface area contributed by atoms with Crippen LogP contribution >= 0.6 is 0 Å². The number of aliphatic hydroxyl groups excluding tert-OH is 1. The molecule has 1 heterocycles. The number of amides is 1. The lowest BCUT2D eigenvalue weighted by atomic mass is 9.78. The van der Waals surface area contributed by atoms with Gasteiger partial charge in [-0.3, -0.25) is 9.59 Å². The maximum absolute atomic E-state index is 12.8. The second-order valence-corrected chi connectivity index (χ2v) is 6.63. The Labute approximate surface area is 125 Å². The molecule has 0 aromatic heterocycles. The molecule has 2 aliphatic rings. The van der Waals surface area contributed by atoms with Crippen LogP contribution in [-0.2, 0) is 9.59 Å². The van der Waals surface area contributed by atoms with Crippen molar-refractivity contribution in [1.82, 2.24) is 9.80 Å². The number of hydrogen-bond donors (Lipinski definition) is 2. The van der Waals surface area contributed by atoms with Crippen LogP contribution in [0.1, 0.15) is 32.1 Å². The summed E-state index contributed by atoms with van der Waals surface area (Å²) in [6.45, 7) is 1.04. The molecule has 120 valence electrons. The smallest absolute Gasteiger partial charge is 0.307 e. The van der Waals surface area contributed by atoms with Crippen molar-refractivity contribution in [2.45, 2.75) is 44.2 Å². The van der Waals surface area contributed by atoms with Gasteiger partial charge in [0.1, 0.15) is 0 Å². The Morgan fingerprint density at radius 2 is 1.81 bits per heavy atom. The first-order valence-electron chi connectivity index (χ1n) is 7.76. The number of carboxylic acids is 1. The molecule has 21 heavy (non-hydrogen) atoms. The third-order valence-electron chi connectivity index (χ3n) is 4.65. The number of aliphatic carboxylic acids is 1. The molecule has 1 saturated carbocycles. The lowest BCUT2D eigenvalue weighted by molar-refractivity contribution is -0.152. The molecule has 6 heteroatoms. The Kier molecular flexibility index (Phi) is 5.22. The summed E-state index contributed by atoms with van der Waals surface area (Å²) in [5, 5.41) is 19.2. The third kappa shape index (κ3) is 3.74. The van der Waals surface area contributed by atoms with E-state index in [0.717, 1.165) is 12.8 Å². The van der Waals surface area contributed by atoms with Gasteiger partial charge in [0, 0.05) is 19.1 Å². The lowest BCUT2D eigenvalue weighted by Gasteiger charge is -2.34. The Hall–Kier alpha value is -1.14. The van der Waals surface area contributed by atoms with Crippen molar-refractivity contribution in [1.29, 1.82) is 0 Å². The van der Waals surface area contributed by atoms with E-state index < -0.39 is 23.9 Å². The van der Waals surface area contributed by atoms with Gasteiger partial charge in [-0.05, 0) is 33.4 Å². The van der Waals surface area contributed by atoms with Gasteiger partial charge in [0.05, 0.1) is 17.9 Å². The van der Waals surface area contributed by atoms with E-state index >= 15 is 0 Å². The van der Waals surface area contributed by atoms with E-state index in [0.29, 0.717) is 32.4 Å². The number of hydrogen-bond acceptors (Lipinski definition) is 4. The largest absolute Gasteiger partial charge is 0.481 e. The van der Waals surface area contributed by atoms with Crippen LogP contribution < -0.4 is 0 Å². The number of likely N-dealkylation sites (N-methyl/N-ethyl adjacent to an activating group) is 1. The molecule has 6 nitrogen and oxygen atoms in total. The van der Waals surface area contributed by atoms with Crippen LogP contribution in [0.15, 0.2) is 0 Å². The molecule has 1 saturated heterocycles. The van der Waals surface area contributed by atoms with Crippen LogP contribution in [0.25, 0.3) is 0 Å². The molecule has 0 bridgehead atoms. The number of carbonyl (C=O) groups is 2. The van der Waals surface area contributed by atoms with Gasteiger partial charge in [-0.25, -0.2) is 0 Å². The number of rotatable bonds is 4. The molecule has 0 spiro atoms. The number of likely N-dealkylation sites (tertiary alicyclic amines) is 1. The van der Waals surface area contributed by atoms with Crippen molar-refractivity contribution in [3.8, 4) is 0 Å². The molecule has 2 N–H and O–H groups in total. The highest BCUT2D eigenvalue weighted by Crippen LogP contribution is 2.33. The average Bonchev–Trinajstić information content (AvgIpc) is 2.77. The van der Waals surface area contributed by atoms with Crippen LogP contribution in [0.4, 0.5) is 0 Å². The Balaban J connectivity index is 2.10. The summed E-state index contributed by atoms with van der Waals surface area (Å²) in [7, 11) is 3.88. The molecule has 0 radical (unpaired) electrons. The van der Waals surface area contributed by atoms with Crippen molar-refractivity contribution in [3.63, 3.8) is 0 Å². The molecule has 2 rings (SSSR count). The highest BCUT2D eigenvalue weighted by molar-refractivity contribution is 5.85. The van der Waals surface area contributed by atoms with E-state index in [9.17, 15) is 19.8 Å². The zero-order valence-corrected chi connectivity index (χ0v) is 12.9. The van der Waals surface area contributed by atoms with Crippen LogP contribution in [-0.4, -0.2) is 71.2 Å². The molecule has 1 amide bonds. The van der Waals surface area contributed by atoms with Crippen LogP contribution in [0, 0.1) is 11.8 Å². The van der Waals surface area contributed by atoms with Crippen molar-refractivity contribution in [2.75, 3.05) is 27.2 Å². The number of aliphatic hydroxyl groups is 1. The summed E-state index contributed by atoms with van der Waals surface area (Å²) in [6.07, 6.45) is 3.11. The summed E-state index contributed by atoms with van der Waals surface area (Å²) >= 11 is 0. The maximum Gasteiger partial charge on any atom is 0.307 e. The predicted molar refractivity (Wildman–Crippen MR) is 77.8 cm³/mol. The number of β-amino-alcohol motifs (C(OH)–C–C–N with tert-alkyl or cyclic N) is 1. The monoisotopic (exact) mass is 298 g/mol. The van der Waals surface area contributed by atoms with E-state index in [2.05, 4.69) is 0 Å². The minimum atomic E-state index is -0.864. The standard InChI is InChI=1S/C15H26N2O4/c1-16(2)8-10-7-11(18)9-17(10)14(19)12-5-3-4-6-13(12)15(20)21/h10-13,18H,3-9H2,1-2H3,(H,20,21)/t10?,11?,12-,13+/m1/s1. The fourth-order valence-electron chi connectivity index (χ4n) is 3.69. The van der Waals surface area contributed by atoms with Gasteiger partial charge in [0.25, 0.3) is 0 Å². The molecule has 2 fully saturated rings. The molecular weight excluding hydrogens is 272 g/mol. The summed E-state index contributed by atoms with van der Waals surface area (Å²) < 4.78 is 0. The molecule has 4 atom stereocenters. The lowest BCUT2D eigenvalue weighted by Crippen LogP contribution is -2.47. The minimum Gasteiger partial charge on any atom is -0.481 e. The minimum absolute atomic E-state index is 0.0149. The van der Waals surface area contributed by atoms with E-state index in [-0.39, 0.29) is 11.9 Å². The highest BCUT2D eigenvalue weighted by Gasteiger charge is 2.42. The second kappa shape index (κ2) is 6.75. The fraction of sp³-hybridized carbons (Fsp3) is 0.867. The van der Waals surface area contributed by atoms with E-state index in [4.69, 9.17) is 0 Å². The zero-order chi connectivity index (χ0) is 15.6. The van der Waals surface area contributed by atoms with Crippen molar-refractivity contribution in [3.05, 3.63) is 0 Å². The second-order valence-electron chi connectivity index (χ2n) is 6.63. The number of carboxylic acid groups (broad SMARTS) is 1. The quantitative estimate of drug-likeness (QED) is 0.785. The summed E-state index contributed by atoms with van der Waals surface area (Å²) in [6, 6.07) is -0.0149. The third-order valence-corrected chi connectivity index (χ3v) is 4.65. The molecule has 1 aliphatic heterocycles.